The Morgan fingerprint density at radius 3 is 2.76 bits per heavy atom. The van der Waals surface area contributed by atoms with Gasteiger partial charge in [0.25, 0.3) is 0 Å². The van der Waals surface area contributed by atoms with Crippen molar-refractivity contribution in [1.29, 1.82) is 0 Å². The number of amides is 1. The van der Waals surface area contributed by atoms with E-state index in [1.54, 1.807) is 4.90 Å². The SMILES string of the molecule is CC1COCCN1c1nc(Cl)nc2c1CCN(C(=O)OC(C)(C)C)C2CCC=O. The molecule has 2 aliphatic rings. The normalized spacial score (nSPS) is 22.2. The fourth-order valence-electron chi connectivity index (χ4n) is 3.85. The molecule has 160 valence electrons. The van der Waals surface area contributed by atoms with Crippen molar-refractivity contribution in [2.75, 3.05) is 31.2 Å². The highest BCUT2D eigenvalue weighted by Gasteiger charge is 2.37. The maximum absolute atomic E-state index is 12.8. The molecule has 8 nitrogen and oxygen atoms in total. The summed E-state index contributed by atoms with van der Waals surface area (Å²) in [6.07, 6.45) is 1.82. The number of hydrogen-bond acceptors (Lipinski definition) is 7. The Labute approximate surface area is 176 Å². The first-order valence-corrected chi connectivity index (χ1v) is 10.4. The van der Waals surface area contributed by atoms with Crippen molar-refractivity contribution in [3.05, 3.63) is 16.5 Å². The molecular weight excluding hydrogens is 396 g/mol. The van der Waals surface area contributed by atoms with Gasteiger partial charge in [-0.3, -0.25) is 4.90 Å². The summed E-state index contributed by atoms with van der Waals surface area (Å²) in [6, 6.07) is -0.217. The lowest BCUT2D eigenvalue weighted by atomic mass is 9.94. The van der Waals surface area contributed by atoms with E-state index in [4.69, 9.17) is 21.1 Å². The predicted molar refractivity (Wildman–Crippen MR) is 109 cm³/mol. The number of rotatable bonds is 4. The minimum absolute atomic E-state index is 0.139. The van der Waals surface area contributed by atoms with Crippen LogP contribution in [0, 0.1) is 0 Å². The lowest BCUT2D eigenvalue weighted by Gasteiger charge is -2.40. The molecular formula is C20H29ClN4O4. The molecule has 0 radical (unpaired) electrons. The van der Waals surface area contributed by atoms with Gasteiger partial charge in [-0.15, -0.1) is 0 Å². The number of ether oxygens (including phenoxy) is 2. The third kappa shape index (κ3) is 4.98. The van der Waals surface area contributed by atoms with Gasteiger partial charge in [-0.1, -0.05) is 0 Å². The molecule has 9 heteroatoms. The summed E-state index contributed by atoms with van der Waals surface area (Å²) in [7, 11) is 0. The molecule has 1 fully saturated rings. The van der Waals surface area contributed by atoms with E-state index in [-0.39, 0.29) is 17.4 Å². The molecule has 2 atom stereocenters. The number of halogens is 1. The average molecular weight is 425 g/mol. The van der Waals surface area contributed by atoms with Crippen LogP contribution in [0.5, 0.6) is 0 Å². The second kappa shape index (κ2) is 8.83. The Balaban J connectivity index is 2.00. The van der Waals surface area contributed by atoms with Gasteiger partial charge in [-0.2, -0.15) is 0 Å². The highest BCUT2D eigenvalue weighted by molar-refractivity contribution is 6.28. The van der Waals surface area contributed by atoms with Crippen LogP contribution in [0.25, 0.3) is 0 Å². The Kier molecular flexibility index (Phi) is 6.63. The van der Waals surface area contributed by atoms with E-state index in [2.05, 4.69) is 21.8 Å². The molecule has 0 spiro atoms. The number of aldehydes is 1. The molecule has 1 amide bonds. The number of morpholine rings is 1. The smallest absolute Gasteiger partial charge is 0.410 e. The summed E-state index contributed by atoms with van der Waals surface area (Å²) in [4.78, 5) is 36.8. The third-order valence-corrected chi connectivity index (χ3v) is 5.28. The standard InChI is InChI=1S/C20H29ClN4O4/c1-13-12-28-11-9-24(13)17-14-7-8-25(19(27)29-20(2,3)4)15(6-5-10-26)16(14)22-18(21)23-17/h10,13,15H,5-9,11-12H2,1-4H3. The molecule has 0 bridgehead atoms. The van der Waals surface area contributed by atoms with E-state index in [0.29, 0.717) is 44.7 Å². The van der Waals surface area contributed by atoms with Gasteiger partial charge in [0, 0.05) is 25.1 Å². The van der Waals surface area contributed by atoms with Crippen LogP contribution in [0.4, 0.5) is 10.6 Å². The average Bonchev–Trinajstić information content (AvgIpc) is 2.64. The number of anilines is 1. The summed E-state index contributed by atoms with van der Waals surface area (Å²) in [5.74, 6) is 0.802. The molecule has 29 heavy (non-hydrogen) atoms. The number of carbonyl (C=O) groups excluding carboxylic acids is 2. The van der Waals surface area contributed by atoms with E-state index in [0.717, 1.165) is 24.2 Å². The number of hydrogen-bond donors (Lipinski definition) is 0. The summed E-state index contributed by atoms with van der Waals surface area (Å²) < 4.78 is 11.1. The molecule has 1 aromatic rings. The number of nitrogens with zero attached hydrogens (tertiary/aromatic N) is 4. The van der Waals surface area contributed by atoms with Gasteiger partial charge in [0.2, 0.25) is 5.28 Å². The van der Waals surface area contributed by atoms with Gasteiger partial charge in [0.15, 0.2) is 0 Å². The second-order valence-electron chi connectivity index (χ2n) is 8.48. The molecule has 1 aromatic heterocycles. The fourth-order valence-corrected chi connectivity index (χ4v) is 4.02. The van der Waals surface area contributed by atoms with E-state index in [1.165, 1.54) is 0 Å². The molecule has 1 saturated heterocycles. The summed E-state index contributed by atoms with van der Waals surface area (Å²) in [6.45, 7) is 10.0. The predicted octanol–water partition coefficient (Wildman–Crippen LogP) is 3.17. The fraction of sp³-hybridized carbons (Fsp3) is 0.700. The molecule has 3 heterocycles. The van der Waals surface area contributed by atoms with Crippen molar-refractivity contribution < 1.29 is 19.1 Å². The maximum Gasteiger partial charge on any atom is 0.410 e. The van der Waals surface area contributed by atoms with Gasteiger partial charge >= 0.3 is 6.09 Å². The molecule has 0 aliphatic carbocycles. The number of aromatic nitrogens is 2. The van der Waals surface area contributed by atoms with Crippen molar-refractivity contribution in [2.24, 2.45) is 0 Å². The number of carbonyl (C=O) groups is 2. The zero-order valence-electron chi connectivity index (χ0n) is 17.5. The van der Waals surface area contributed by atoms with E-state index < -0.39 is 11.7 Å². The summed E-state index contributed by atoms with van der Waals surface area (Å²) in [5, 5.41) is 0.139. The van der Waals surface area contributed by atoms with Crippen molar-refractivity contribution in [2.45, 2.75) is 64.6 Å². The van der Waals surface area contributed by atoms with Crippen LogP contribution in [0.15, 0.2) is 0 Å². The molecule has 0 saturated carbocycles. The second-order valence-corrected chi connectivity index (χ2v) is 8.82. The Hall–Kier alpha value is -1.93. The highest BCUT2D eigenvalue weighted by Crippen LogP contribution is 2.38. The number of fused-ring (bicyclic) bond motifs is 1. The van der Waals surface area contributed by atoms with E-state index in [1.807, 2.05) is 20.8 Å². The maximum atomic E-state index is 12.8. The Morgan fingerprint density at radius 1 is 1.34 bits per heavy atom. The Bertz CT molecular complexity index is 768. The van der Waals surface area contributed by atoms with Gasteiger partial charge in [0.1, 0.15) is 17.7 Å². The van der Waals surface area contributed by atoms with Crippen LogP contribution in [-0.4, -0.2) is 65.2 Å². The largest absolute Gasteiger partial charge is 0.444 e. The van der Waals surface area contributed by atoms with Crippen LogP contribution < -0.4 is 4.90 Å². The minimum Gasteiger partial charge on any atom is -0.444 e. The lowest BCUT2D eigenvalue weighted by Crippen LogP contribution is -2.47. The lowest BCUT2D eigenvalue weighted by molar-refractivity contribution is -0.108. The van der Waals surface area contributed by atoms with Crippen LogP contribution in [0.2, 0.25) is 5.28 Å². The first-order chi connectivity index (χ1) is 13.7. The zero-order valence-corrected chi connectivity index (χ0v) is 18.2. The van der Waals surface area contributed by atoms with Crippen LogP contribution in [-0.2, 0) is 20.7 Å². The third-order valence-electron chi connectivity index (χ3n) is 5.11. The van der Waals surface area contributed by atoms with Crippen molar-refractivity contribution in [3.8, 4) is 0 Å². The van der Waals surface area contributed by atoms with Crippen molar-refractivity contribution >= 4 is 29.8 Å². The summed E-state index contributed by atoms with van der Waals surface area (Å²) >= 11 is 6.30. The van der Waals surface area contributed by atoms with Crippen molar-refractivity contribution in [1.82, 2.24) is 14.9 Å². The minimum atomic E-state index is -0.607. The van der Waals surface area contributed by atoms with Gasteiger partial charge in [-0.25, -0.2) is 14.8 Å². The Morgan fingerprint density at radius 2 is 2.10 bits per heavy atom. The van der Waals surface area contributed by atoms with Gasteiger partial charge in [0.05, 0.1) is 31.0 Å². The highest BCUT2D eigenvalue weighted by atomic mass is 35.5. The molecule has 0 N–H and O–H groups in total. The first kappa shape index (κ1) is 21.8. The van der Waals surface area contributed by atoms with Gasteiger partial charge < -0.3 is 19.2 Å². The van der Waals surface area contributed by atoms with E-state index >= 15 is 0 Å². The van der Waals surface area contributed by atoms with Gasteiger partial charge in [-0.05, 0) is 52.1 Å². The quantitative estimate of drug-likeness (QED) is 0.542. The summed E-state index contributed by atoms with van der Waals surface area (Å²) in [5.41, 5.74) is 1.08. The topological polar surface area (TPSA) is 84.9 Å². The molecule has 0 aromatic carbocycles. The molecule has 3 rings (SSSR count). The monoisotopic (exact) mass is 424 g/mol. The van der Waals surface area contributed by atoms with Crippen LogP contribution in [0.3, 0.4) is 0 Å². The molecule has 2 unspecified atom stereocenters. The van der Waals surface area contributed by atoms with Crippen molar-refractivity contribution in [3.63, 3.8) is 0 Å². The first-order valence-electron chi connectivity index (χ1n) is 10.0. The van der Waals surface area contributed by atoms with Crippen LogP contribution in [0.1, 0.15) is 57.8 Å². The zero-order chi connectivity index (χ0) is 21.2. The van der Waals surface area contributed by atoms with Crippen LogP contribution >= 0.6 is 11.6 Å². The van der Waals surface area contributed by atoms with E-state index in [9.17, 15) is 9.59 Å². The molecule has 2 aliphatic heterocycles.